The average Bonchev–Trinajstić information content (AvgIpc) is 3.20. The maximum Gasteiger partial charge on any atom is 0.250 e. The van der Waals surface area contributed by atoms with E-state index in [0.717, 1.165) is 14.9 Å². The van der Waals surface area contributed by atoms with Gasteiger partial charge in [0.1, 0.15) is 0 Å². The Morgan fingerprint density at radius 2 is 1.80 bits per heavy atom. The second-order valence-electron chi connectivity index (χ2n) is 5.71. The van der Waals surface area contributed by atoms with Gasteiger partial charge in [-0.3, -0.25) is 4.79 Å². The number of nitrogens with one attached hydrogen (secondary N) is 1. The number of hydrogen-bond acceptors (Lipinski definition) is 9. The third-order valence-electron chi connectivity index (χ3n) is 3.57. The highest BCUT2D eigenvalue weighted by Crippen LogP contribution is 2.32. The van der Waals surface area contributed by atoms with Gasteiger partial charge in [-0.2, -0.15) is 5.10 Å². The molecule has 0 fully saturated rings. The molecule has 0 radical (unpaired) electrons. The molecule has 0 aliphatic heterocycles. The molecule has 1 aromatic heterocycles. The molecule has 1 N–H and O–H groups in total. The smallest absolute Gasteiger partial charge is 0.250 e. The van der Waals surface area contributed by atoms with Gasteiger partial charge in [0.05, 0.1) is 17.9 Å². The van der Waals surface area contributed by atoms with Crippen molar-refractivity contribution in [2.45, 2.75) is 14.4 Å². The number of hydrogen-bond donors (Lipinski definition) is 1. The second-order valence-corrected chi connectivity index (χ2v) is 9.53. The molecule has 7 nitrogen and oxygen atoms in total. The number of amides is 1. The van der Waals surface area contributed by atoms with Crippen molar-refractivity contribution in [3.8, 4) is 0 Å². The maximum absolute atomic E-state index is 11.9. The number of benzene rings is 2. The molecule has 0 saturated carbocycles. The lowest BCUT2D eigenvalue weighted by Gasteiger charge is -2.01. The number of nitrogens with zero attached hydrogens (tertiary/aromatic N) is 3. The fraction of sp³-hybridized carbons (Fsp3) is 0.105. The standard InChI is InChI=1S/C19H15ClN4O3S3/c20-15-4-2-1-3-14(15)10-28-18-23-24-19(30-18)29-11-16(25)22-21-9-12-5-7-13(8-6-12)17(26)27/h1-9H,10-11H2,(H,22,25)(H,26,27)/p-1. The summed E-state index contributed by atoms with van der Waals surface area (Å²) < 4.78 is 1.49. The topological polar surface area (TPSA) is 107 Å². The van der Waals surface area contributed by atoms with Crippen LogP contribution in [0.4, 0.5) is 0 Å². The number of carboxylic acids is 1. The van der Waals surface area contributed by atoms with Crippen LogP contribution >= 0.6 is 46.5 Å². The van der Waals surface area contributed by atoms with Crippen LogP contribution in [0.3, 0.4) is 0 Å². The van der Waals surface area contributed by atoms with E-state index in [4.69, 9.17) is 11.6 Å². The maximum atomic E-state index is 11.9. The van der Waals surface area contributed by atoms with Crippen LogP contribution in [0.1, 0.15) is 21.5 Å². The van der Waals surface area contributed by atoms with Crippen LogP contribution in [0.2, 0.25) is 5.02 Å². The lowest BCUT2D eigenvalue weighted by Crippen LogP contribution is -2.22. The summed E-state index contributed by atoms with van der Waals surface area (Å²) in [6.07, 6.45) is 1.43. The van der Waals surface area contributed by atoms with Gasteiger partial charge >= 0.3 is 0 Å². The van der Waals surface area contributed by atoms with Crippen molar-refractivity contribution >= 4 is 64.6 Å². The van der Waals surface area contributed by atoms with Gasteiger partial charge in [-0.15, -0.1) is 10.2 Å². The number of hydrazone groups is 1. The van der Waals surface area contributed by atoms with E-state index in [0.29, 0.717) is 15.7 Å². The molecule has 11 heteroatoms. The van der Waals surface area contributed by atoms with Gasteiger partial charge in [-0.1, -0.05) is 88.9 Å². The number of rotatable bonds is 9. The van der Waals surface area contributed by atoms with Gasteiger partial charge in [0, 0.05) is 10.8 Å². The van der Waals surface area contributed by atoms with Gasteiger partial charge in [0.2, 0.25) is 0 Å². The summed E-state index contributed by atoms with van der Waals surface area (Å²) in [5, 5.41) is 23.5. The molecule has 0 saturated heterocycles. The van der Waals surface area contributed by atoms with Crippen LogP contribution < -0.4 is 10.5 Å². The first-order chi connectivity index (χ1) is 14.5. The monoisotopic (exact) mass is 477 g/mol. The fourth-order valence-corrected chi connectivity index (χ4v) is 5.21. The van der Waals surface area contributed by atoms with Crippen molar-refractivity contribution in [1.29, 1.82) is 0 Å². The Morgan fingerprint density at radius 3 is 2.50 bits per heavy atom. The molecule has 1 amide bonds. The Labute approximate surface area is 190 Å². The predicted molar refractivity (Wildman–Crippen MR) is 118 cm³/mol. The first kappa shape index (κ1) is 22.3. The molecule has 0 spiro atoms. The van der Waals surface area contributed by atoms with Crippen molar-refractivity contribution < 1.29 is 14.7 Å². The zero-order valence-electron chi connectivity index (χ0n) is 15.3. The highest BCUT2D eigenvalue weighted by Gasteiger charge is 2.09. The normalized spacial score (nSPS) is 11.0. The highest BCUT2D eigenvalue weighted by atomic mass is 35.5. The molecule has 1 heterocycles. The van der Waals surface area contributed by atoms with E-state index >= 15 is 0 Å². The summed E-state index contributed by atoms with van der Waals surface area (Å²) in [5.41, 5.74) is 4.17. The van der Waals surface area contributed by atoms with E-state index in [1.807, 2.05) is 24.3 Å². The average molecular weight is 478 g/mol. The van der Waals surface area contributed by atoms with E-state index in [9.17, 15) is 14.7 Å². The summed E-state index contributed by atoms with van der Waals surface area (Å²) in [6.45, 7) is 0. The third kappa shape index (κ3) is 6.84. The molecular formula is C19H14ClN4O3S3-. The molecular weight excluding hydrogens is 464 g/mol. The Hall–Kier alpha value is -2.40. The second kappa shape index (κ2) is 11.1. The third-order valence-corrected chi connectivity index (χ3v) is 7.18. The van der Waals surface area contributed by atoms with Crippen LogP contribution in [-0.2, 0) is 10.5 Å². The summed E-state index contributed by atoms with van der Waals surface area (Å²) in [6, 6.07) is 13.6. The van der Waals surface area contributed by atoms with Crippen LogP contribution in [0, 0.1) is 0 Å². The zero-order chi connectivity index (χ0) is 21.3. The van der Waals surface area contributed by atoms with E-state index in [1.165, 1.54) is 53.2 Å². The largest absolute Gasteiger partial charge is 0.545 e. The first-order valence-corrected chi connectivity index (χ1v) is 11.6. The summed E-state index contributed by atoms with van der Waals surface area (Å²) in [7, 11) is 0. The van der Waals surface area contributed by atoms with Gasteiger partial charge < -0.3 is 9.90 Å². The summed E-state index contributed by atoms with van der Waals surface area (Å²) in [5.74, 6) is -0.697. The lowest BCUT2D eigenvalue weighted by molar-refractivity contribution is -0.255. The Kier molecular flexibility index (Phi) is 8.26. The van der Waals surface area contributed by atoms with Crippen LogP contribution in [-0.4, -0.2) is 34.0 Å². The number of halogens is 1. The first-order valence-electron chi connectivity index (χ1n) is 8.47. The lowest BCUT2D eigenvalue weighted by atomic mass is 10.1. The van der Waals surface area contributed by atoms with Crippen molar-refractivity contribution in [2.24, 2.45) is 5.10 Å². The minimum atomic E-state index is -1.24. The summed E-state index contributed by atoms with van der Waals surface area (Å²) in [4.78, 5) is 22.6. The van der Waals surface area contributed by atoms with E-state index < -0.39 is 5.97 Å². The minimum Gasteiger partial charge on any atom is -0.545 e. The van der Waals surface area contributed by atoms with Gasteiger partial charge in [0.15, 0.2) is 8.68 Å². The number of aromatic nitrogens is 2. The van der Waals surface area contributed by atoms with Crippen molar-refractivity contribution in [3.05, 3.63) is 70.2 Å². The fourth-order valence-electron chi connectivity index (χ4n) is 2.11. The predicted octanol–water partition coefficient (Wildman–Crippen LogP) is 3.09. The number of carbonyl (C=O) groups excluding carboxylic acids is 2. The van der Waals surface area contributed by atoms with E-state index in [-0.39, 0.29) is 17.2 Å². The van der Waals surface area contributed by atoms with Crippen molar-refractivity contribution in [1.82, 2.24) is 15.6 Å². The molecule has 0 unspecified atom stereocenters. The molecule has 2 aromatic carbocycles. The van der Waals surface area contributed by atoms with Crippen molar-refractivity contribution in [2.75, 3.05) is 5.75 Å². The van der Waals surface area contributed by atoms with E-state index in [2.05, 4.69) is 20.7 Å². The molecule has 3 rings (SSSR count). The molecule has 0 bridgehead atoms. The highest BCUT2D eigenvalue weighted by molar-refractivity contribution is 8.03. The van der Waals surface area contributed by atoms with Gasteiger partial charge in [0.25, 0.3) is 5.91 Å². The van der Waals surface area contributed by atoms with Crippen LogP contribution in [0.15, 0.2) is 62.3 Å². The molecule has 154 valence electrons. The Balaban J connectivity index is 1.41. The number of carboxylic acid groups (broad SMARTS) is 1. The van der Waals surface area contributed by atoms with Gasteiger partial charge in [-0.25, -0.2) is 5.43 Å². The summed E-state index contributed by atoms with van der Waals surface area (Å²) >= 11 is 10.4. The van der Waals surface area contributed by atoms with Gasteiger partial charge in [-0.05, 0) is 22.8 Å². The quantitative estimate of drug-likeness (QED) is 0.286. The van der Waals surface area contributed by atoms with Crippen LogP contribution in [0.5, 0.6) is 0 Å². The molecule has 0 aliphatic rings. The molecule has 3 aromatic rings. The van der Waals surface area contributed by atoms with Crippen LogP contribution in [0.25, 0.3) is 0 Å². The molecule has 0 atom stereocenters. The number of thioether (sulfide) groups is 2. The van der Waals surface area contributed by atoms with Crippen molar-refractivity contribution in [3.63, 3.8) is 0 Å². The Morgan fingerprint density at radius 1 is 1.10 bits per heavy atom. The molecule has 0 aliphatic carbocycles. The zero-order valence-corrected chi connectivity index (χ0v) is 18.5. The minimum absolute atomic E-state index is 0.0778. The number of aromatic carboxylic acids is 1. The van der Waals surface area contributed by atoms with E-state index in [1.54, 1.807) is 12.1 Å². The molecule has 30 heavy (non-hydrogen) atoms. The SMILES string of the molecule is O=C(CSc1nnc(SCc2ccccc2Cl)s1)NN=Cc1ccc(C(=O)[O-])cc1. The Bertz CT molecular complexity index is 1060. The number of carbonyl (C=O) groups is 2.